The average molecular weight is 335 g/mol. The number of carboxylic acid groups (broad SMARTS) is 1. The lowest BCUT2D eigenvalue weighted by Gasteiger charge is -2.27. The lowest BCUT2D eigenvalue weighted by Crippen LogP contribution is -2.36. The van der Waals surface area contributed by atoms with Crippen molar-refractivity contribution in [2.24, 2.45) is 10.4 Å². The number of nitrogens with zero attached hydrogens (tertiary/aromatic N) is 3. The van der Waals surface area contributed by atoms with Gasteiger partial charge in [0.1, 0.15) is 17.9 Å². The molecule has 1 N–H and O–H groups in total. The van der Waals surface area contributed by atoms with E-state index in [2.05, 4.69) is 15.0 Å². The normalized spacial score (nSPS) is 24.6. The van der Waals surface area contributed by atoms with Crippen molar-refractivity contribution in [2.75, 3.05) is 0 Å². The monoisotopic (exact) mass is 335 g/mol. The molecule has 2 heterocycles. The topological polar surface area (TPSA) is 75.4 Å². The minimum absolute atomic E-state index is 0.548. The second-order valence-corrected chi connectivity index (χ2v) is 6.26. The first-order chi connectivity index (χ1) is 12.0. The first kappa shape index (κ1) is 15.4. The second-order valence-electron chi connectivity index (χ2n) is 6.26. The SMILES string of the molecule is C[C@@]1(C(=O)O)C=CC(c2ncnc3ccc(C4=CN=C4)cc23)=CC1F. The summed E-state index contributed by atoms with van der Waals surface area (Å²) in [5.74, 6) is -1.20. The number of carboxylic acids is 1. The summed E-state index contributed by atoms with van der Waals surface area (Å²) in [4.78, 5) is 23.9. The molecule has 0 fully saturated rings. The molecule has 2 aromatic rings. The maximum absolute atomic E-state index is 14.5. The second kappa shape index (κ2) is 5.44. The fourth-order valence-corrected chi connectivity index (χ4v) is 2.85. The van der Waals surface area contributed by atoms with Crippen molar-refractivity contribution in [1.29, 1.82) is 0 Å². The first-order valence-corrected chi connectivity index (χ1v) is 7.76. The number of halogens is 1. The summed E-state index contributed by atoms with van der Waals surface area (Å²) in [7, 11) is 0. The van der Waals surface area contributed by atoms with E-state index in [9.17, 15) is 14.3 Å². The molecule has 5 nitrogen and oxygen atoms in total. The van der Waals surface area contributed by atoms with Gasteiger partial charge >= 0.3 is 5.97 Å². The predicted molar refractivity (Wildman–Crippen MR) is 93.8 cm³/mol. The highest BCUT2D eigenvalue weighted by Gasteiger charge is 2.41. The fraction of sp³-hybridized carbons (Fsp3) is 0.158. The molecule has 0 saturated carbocycles. The van der Waals surface area contributed by atoms with Crippen molar-refractivity contribution in [3.05, 3.63) is 60.2 Å². The minimum Gasteiger partial charge on any atom is -0.481 e. The zero-order valence-corrected chi connectivity index (χ0v) is 13.3. The van der Waals surface area contributed by atoms with Gasteiger partial charge in [-0.15, -0.1) is 0 Å². The van der Waals surface area contributed by atoms with Crippen LogP contribution in [0.1, 0.15) is 18.2 Å². The third kappa shape index (κ3) is 2.38. The number of aliphatic carboxylic acids is 1. The van der Waals surface area contributed by atoms with Gasteiger partial charge in [-0.05, 0) is 36.3 Å². The Labute approximate surface area is 143 Å². The van der Waals surface area contributed by atoms with Gasteiger partial charge in [-0.1, -0.05) is 18.2 Å². The van der Waals surface area contributed by atoms with E-state index in [0.717, 1.165) is 22.0 Å². The van der Waals surface area contributed by atoms with Crippen LogP contribution in [0.15, 0.2) is 53.9 Å². The number of alkyl halides is 1. The molecule has 0 amide bonds. The summed E-state index contributed by atoms with van der Waals surface area (Å²) in [5, 5.41) is 10.0. The van der Waals surface area contributed by atoms with E-state index in [1.165, 1.54) is 25.4 Å². The Morgan fingerprint density at radius 3 is 2.72 bits per heavy atom. The quantitative estimate of drug-likeness (QED) is 0.932. The molecule has 0 saturated heterocycles. The Hall–Kier alpha value is -3.15. The summed E-state index contributed by atoms with van der Waals surface area (Å²) < 4.78 is 14.5. The number of fused-ring (bicyclic) bond motifs is 1. The molecule has 1 aromatic heterocycles. The zero-order valence-electron chi connectivity index (χ0n) is 13.3. The predicted octanol–water partition coefficient (Wildman–Crippen LogP) is 3.44. The highest BCUT2D eigenvalue weighted by molar-refractivity contribution is 6.15. The number of rotatable bonds is 3. The summed E-state index contributed by atoms with van der Waals surface area (Å²) in [5.41, 5.74) is 2.28. The molecule has 4 rings (SSSR count). The smallest absolute Gasteiger partial charge is 0.316 e. The first-order valence-electron chi connectivity index (χ1n) is 7.76. The summed E-state index contributed by atoms with van der Waals surface area (Å²) in [6.07, 6.45) is 7.62. The molecule has 0 bridgehead atoms. The number of aliphatic imine (C=N–C) groups is 1. The largest absolute Gasteiger partial charge is 0.481 e. The van der Waals surface area contributed by atoms with Crippen molar-refractivity contribution in [3.63, 3.8) is 0 Å². The Morgan fingerprint density at radius 2 is 2.08 bits per heavy atom. The van der Waals surface area contributed by atoms with Crippen LogP contribution in [0.3, 0.4) is 0 Å². The number of benzene rings is 1. The average Bonchev–Trinajstić information content (AvgIpc) is 2.55. The van der Waals surface area contributed by atoms with E-state index in [1.54, 1.807) is 18.5 Å². The zero-order chi connectivity index (χ0) is 17.6. The van der Waals surface area contributed by atoms with Crippen molar-refractivity contribution in [3.8, 4) is 0 Å². The van der Waals surface area contributed by atoms with Gasteiger partial charge in [0, 0.05) is 23.4 Å². The summed E-state index contributed by atoms with van der Waals surface area (Å²) in [6, 6.07) is 5.76. The molecule has 1 aliphatic carbocycles. The van der Waals surface area contributed by atoms with E-state index in [4.69, 9.17) is 0 Å². The van der Waals surface area contributed by atoms with E-state index in [1.807, 2.05) is 18.2 Å². The molecule has 2 aliphatic rings. The van der Waals surface area contributed by atoms with Crippen LogP contribution < -0.4 is 0 Å². The molecule has 0 spiro atoms. The summed E-state index contributed by atoms with van der Waals surface area (Å²) >= 11 is 0. The Morgan fingerprint density at radius 1 is 1.28 bits per heavy atom. The van der Waals surface area contributed by atoms with Crippen molar-refractivity contribution in [1.82, 2.24) is 9.97 Å². The molecular weight excluding hydrogens is 321 g/mol. The van der Waals surface area contributed by atoms with Gasteiger partial charge in [0.15, 0.2) is 0 Å². The van der Waals surface area contributed by atoms with E-state index in [0.29, 0.717) is 11.3 Å². The van der Waals surface area contributed by atoms with Crippen molar-refractivity contribution >= 4 is 34.2 Å². The molecule has 1 aliphatic heterocycles. The molecule has 0 radical (unpaired) electrons. The molecule has 6 heteroatoms. The maximum atomic E-state index is 14.5. The fourth-order valence-electron chi connectivity index (χ4n) is 2.85. The molecule has 25 heavy (non-hydrogen) atoms. The standard InChI is InChI=1S/C19H14FN3O2/c1-19(18(24)25)5-4-12(7-16(19)20)17-14-6-11(13-8-21-9-13)2-3-15(14)22-10-23-17/h2-10,16H,1H3,(H,24,25)/t16?,19-/m1/s1. The Balaban J connectivity index is 1.82. The highest BCUT2D eigenvalue weighted by Crippen LogP contribution is 2.36. The van der Waals surface area contributed by atoms with Crippen LogP contribution in [0.25, 0.3) is 22.0 Å². The molecule has 1 aromatic carbocycles. The Bertz CT molecular complexity index is 1020. The van der Waals surface area contributed by atoms with Gasteiger partial charge in [-0.25, -0.2) is 14.4 Å². The van der Waals surface area contributed by atoms with Crippen LogP contribution in [0.5, 0.6) is 0 Å². The third-order valence-electron chi connectivity index (χ3n) is 4.64. The third-order valence-corrected chi connectivity index (χ3v) is 4.64. The van der Waals surface area contributed by atoms with E-state index < -0.39 is 17.6 Å². The molecule has 124 valence electrons. The van der Waals surface area contributed by atoms with Crippen LogP contribution in [-0.4, -0.2) is 33.4 Å². The number of allylic oxidation sites excluding steroid dienone is 4. The van der Waals surface area contributed by atoms with Crippen molar-refractivity contribution < 1.29 is 14.3 Å². The highest BCUT2D eigenvalue weighted by atomic mass is 19.1. The van der Waals surface area contributed by atoms with Crippen LogP contribution in [0.4, 0.5) is 4.39 Å². The van der Waals surface area contributed by atoms with Gasteiger partial charge in [-0.2, -0.15) is 0 Å². The van der Waals surface area contributed by atoms with Crippen LogP contribution in [0.2, 0.25) is 0 Å². The van der Waals surface area contributed by atoms with Crippen molar-refractivity contribution in [2.45, 2.75) is 13.1 Å². The number of carbonyl (C=O) groups is 1. The molecular formula is C19H14FN3O2. The van der Waals surface area contributed by atoms with Gasteiger partial charge in [0.25, 0.3) is 0 Å². The molecule has 2 atom stereocenters. The van der Waals surface area contributed by atoms with Crippen LogP contribution >= 0.6 is 0 Å². The van der Waals surface area contributed by atoms with E-state index >= 15 is 0 Å². The molecule has 1 unspecified atom stereocenters. The van der Waals surface area contributed by atoms with Gasteiger partial charge < -0.3 is 5.11 Å². The number of hydrogen-bond donors (Lipinski definition) is 1. The van der Waals surface area contributed by atoms with Crippen LogP contribution in [0, 0.1) is 5.41 Å². The lowest BCUT2D eigenvalue weighted by atomic mass is 9.79. The maximum Gasteiger partial charge on any atom is 0.316 e. The van der Waals surface area contributed by atoms with E-state index in [-0.39, 0.29) is 0 Å². The number of aromatic nitrogens is 2. The van der Waals surface area contributed by atoms with Gasteiger partial charge in [0.05, 0.1) is 11.2 Å². The van der Waals surface area contributed by atoms with Gasteiger partial charge in [-0.3, -0.25) is 9.79 Å². The Kier molecular flexibility index (Phi) is 3.35. The van der Waals surface area contributed by atoms with Crippen LogP contribution in [-0.2, 0) is 4.79 Å². The van der Waals surface area contributed by atoms with Gasteiger partial charge in [0.2, 0.25) is 0 Å². The summed E-state index contributed by atoms with van der Waals surface area (Å²) in [6.45, 7) is 1.36. The number of hydrogen-bond acceptors (Lipinski definition) is 4. The lowest BCUT2D eigenvalue weighted by molar-refractivity contribution is -0.147. The minimum atomic E-state index is -1.64.